The number of fused-ring (bicyclic) bond motifs is 1. The third-order valence-electron chi connectivity index (χ3n) is 6.05. The minimum absolute atomic E-state index is 0.0307. The lowest BCUT2D eigenvalue weighted by Crippen LogP contribution is -2.43. The van der Waals surface area contributed by atoms with Crippen LogP contribution < -0.4 is 5.32 Å². The zero-order valence-corrected chi connectivity index (χ0v) is 18.3. The third-order valence-corrected chi connectivity index (χ3v) is 6.05. The second-order valence-electron chi connectivity index (χ2n) is 8.28. The highest BCUT2D eigenvalue weighted by atomic mass is 16.5. The molecule has 0 bridgehead atoms. The van der Waals surface area contributed by atoms with Crippen molar-refractivity contribution in [3.8, 4) is 0 Å². The van der Waals surface area contributed by atoms with Crippen LogP contribution in [0, 0.1) is 5.92 Å². The summed E-state index contributed by atoms with van der Waals surface area (Å²) in [4.78, 5) is 27.5. The van der Waals surface area contributed by atoms with Gasteiger partial charge in [-0.2, -0.15) is 0 Å². The van der Waals surface area contributed by atoms with Crippen LogP contribution in [0.3, 0.4) is 0 Å². The molecule has 0 unspecified atom stereocenters. The second kappa shape index (κ2) is 10.9. The van der Waals surface area contributed by atoms with Crippen molar-refractivity contribution in [3.63, 3.8) is 0 Å². The molecular formula is C27H30N2O3. The molecule has 0 aliphatic carbocycles. The standard InChI is InChI=1S/C27H30N2O3/c30-26(28-16-7-19-32-20-21-8-2-1-3-9-21)23-14-17-29(18-15-23)27(31)25-13-6-11-22-10-4-5-12-24(22)25/h1-6,8-13,23H,7,14-20H2,(H,28,30). The largest absolute Gasteiger partial charge is 0.377 e. The van der Waals surface area contributed by atoms with Crippen molar-refractivity contribution in [2.45, 2.75) is 25.9 Å². The fourth-order valence-corrected chi connectivity index (χ4v) is 4.22. The number of nitrogens with one attached hydrogen (secondary N) is 1. The Morgan fingerprint density at radius 1 is 0.906 bits per heavy atom. The van der Waals surface area contributed by atoms with E-state index >= 15 is 0 Å². The molecule has 1 fully saturated rings. The Morgan fingerprint density at radius 2 is 1.62 bits per heavy atom. The van der Waals surface area contributed by atoms with E-state index < -0.39 is 0 Å². The molecule has 2 amide bonds. The number of carbonyl (C=O) groups excluding carboxylic acids is 2. The Hall–Kier alpha value is -3.18. The number of benzene rings is 3. The average Bonchev–Trinajstić information content (AvgIpc) is 2.86. The van der Waals surface area contributed by atoms with Crippen LogP contribution in [0.4, 0.5) is 0 Å². The van der Waals surface area contributed by atoms with Gasteiger partial charge in [-0.1, -0.05) is 66.7 Å². The van der Waals surface area contributed by atoms with Gasteiger partial charge in [0.2, 0.25) is 5.91 Å². The highest BCUT2D eigenvalue weighted by Gasteiger charge is 2.28. The van der Waals surface area contributed by atoms with Crippen LogP contribution in [0.2, 0.25) is 0 Å². The minimum Gasteiger partial charge on any atom is -0.377 e. The van der Waals surface area contributed by atoms with Crippen molar-refractivity contribution >= 4 is 22.6 Å². The SMILES string of the molecule is O=C(NCCCOCc1ccccc1)C1CCN(C(=O)c2cccc3ccccc23)CC1. The first-order valence-electron chi connectivity index (χ1n) is 11.4. The first kappa shape index (κ1) is 22.0. The van der Waals surface area contributed by atoms with Gasteiger partial charge in [-0.15, -0.1) is 0 Å². The van der Waals surface area contributed by atoms with Gasteiger partial charge in [0, 0.05) is 37.7 Å². The maximum Gasteiger partial charge on any atom is 0.254 e. The van der Waals surface area contributed by atoms with Gasteiger partial charge in [-0.05, 0) is 41.7 Å². The summed E-state index contributed by atoms with van der Waals surface area (Å²) in [5.41, 5.74) is 1.89. The average molecular weight is 431 g/mol. The van der Waals surface area contributed by atoms with Crippen molar-refractivity contribution in [2.24, 2.45) is 5.92 Å². The number of amides is 2. The smallest absolute Gasteiger partial charge is 0.254 e. The van der Waals surface area contributed by atoms with Crippen LogP contribution in [-0.4, -0.2) is 43.0 Å². The van der Waals surface area contributed by atoms with Gasteiger partial charge in [-0.25, -0.2) is 0 Å². The molecular weight excluding hydrogens is 400 g/mol. The molecule has 5 heteroatoms. The van der Waals surface area contributed by atoms with Crippen LogP contribution in [0.25, 0.3) is 10.8 Å². The molecule has 0 atom stereocenters. The van der Waals surface area contributed by atoms with Gasteiger partial charge in [0.25, 0.3) is 5.91 Å². The first-order valence-corrected chi connectivity index (χ1v) is 11.4. The number of piperidine rings is 1. The third kappa shape index (κ3) is 5.54. The van der Waals surface area contributed by atoms with Crippen molar-refractivity contribution in [1.29, 1.82) is 0 Å². The molecule has 0 aromatic heterocycles. The van der Waals surface area contributed by atoms with Crippen molar-refractivity contribution in [3.05, 3.63) is 83.9 Å². The molecule has 4 rings (SSSR count). The van der Waals surface area contributed by atoms with E-state index in [2.05, 4.69) is 5.32 Å². The van der Waals surface area contributed by atoms with Crippen LogP contribution in [0.5, 0.6) is 0 Å². The van der Waals surface area contributed by atoms with Gasteiger partial charge >= 0.3 is 0 Å². The molecule has 32 heavy (non-hydrogen) atoms. The summed E-state index contributed by atoms with van der Waals surface area (Å²) in [6.45, 7) is 3.05. The highest BCUT2D eigenvalue weighted by molar-refractivity contribution is 6.07. The quantitative estimate of drug-likeness (QED) is 0.539. The molecule has 0 radical (unpaired) electrons. The van der Waals surface area contributed by atoms with E-state index in [1.807, 2.05) is 77.7 Å². The predicted molar refractivity (Wildman–Crippen MR) is 126 cm³/mol. The number of likely N-dealkylation sites (tertiary alicyclic amines) is 1. The van der Waals surface area contributed by atoms with Crippen LogP contribution >= 0.6 is 0 Å². The second-order valence-corrected chi connectivity index (χ2v) is 8.28. The summed E-state index contributed by atoms with van der Waals surface area (Å²) < 4.78 is 5.66. The number of rotatable bonds is 8. The van der Waals surface area contributed by atoms with Crippen molar-refractivity contribution < 1.29 is 14.3 Å². The lowest BCUT2D eigenvalue weighted by Gasteiger charge is -2.31. The molecule has 1 N–H and O–H groups in total. The molecule has 5 nitrogen and oxygen atoms in total. The van der Waals surface area contributed by atoms with E-state index in [0.29, 0.717) is 45.7 Å². The zero-order chi connectivity index (χ0) is 22.2. The highest BCUT2D eigenvalue weighted by Crippen LogP contribution is 2.23. The van der Waals surface area contributed by atoms with E-state index in [-0.39, 0.29) is 17.7 Å². The van der Waals surface area contributed by atoms with Gasteiger partial charge < -0.3 is 15.0 Å². The Kier molecular flexibility index (Phi) is 7.51. The monoisotopic (exact) mass is 430 g/mol. The number of hydrogen-bond acceptors (Lipinski definition) is 3. The summed E-state index contributed by atoms with van der Waals surface area (Å²) in [6, 6.07) is 23.9. The number of nitrogens with zero attached hydrogens (tertiary/aromatic N) is 1. The van der Waals surface area contributed by atoms with E-state index in [1.54, 1.807) is 0 Å². The summed E-state index contributed by atoms with van der Waals surface area (Å²) >= 11 is 0. The van der Waals surface area contributed by atoms with Crippen molar-refractivity contribution in [2.75, 3.05) is 26.2 Å². The van der Waals surface area contributed by atoms with E-state index in [4.69, 9.17) is 4.74 Å². The minimum atomic E-state index is -0.0307. The Bertz CT molecular complexity index is 1040. The fourth-order valence-electron chi connectivity index (χ4n) is 4.22. The van der Waals surface area contributed by atoms with Crippen LogP contribution in [0.1, 0.15) is 35.2 Å². The van der Waals surface area contributed by atoms with Crippen molar-refractivity contribution in [1.82, 2.24) is 10.2 Å². The van der Waals surface area contributed by atoms with Crippen LogP contribution in [-0.2, 0) is 16.1 Å². The Labute approximate surface area is 189 Å². The zero-order valence-electron chi connectivity index (χ0n) is 18.3. The summed E-state index contributed by atoms with van der Waals surface area (Å²) in [7, 11) is 0. The van der Waals surface area contributed by atoms with Gasteiger partial charge in [0.15, 0.2) is 0 Å². The summed E-state index contributed by atoms with van der Waals surface area (Å²) in [5, 5.41) is 5.08. The normalized spacial score (nSPS) is 14.4. The van der Waals surface area contributed by atoms with Gasteiger partial charge in [0.1, 0.15) is 0 Å². The molecule has 166 valence electrons. The molecule has 1 aliphatic rings. The lowest BCUT2D eigenvalue weighted by atomic mass is 9.95. The lowest BCUT2D eigenvalue weighted by molar-refractivity contribution is -0.126. The number of hydrogen-bond donors (Lipinski definition) is 1. The maximum atomic E-state index is 13.1. The Balaban J connectivity index is 1.18. The van der Waals surface area contributed by atoms with Gasteiger partial charge in [0.05, 0.1) is 6.61 Å². The molecule has 0 spiro atoms. The Morgan fingerprint density at radius 3 is 2.44 bits per heavy atom. The number of carbonyl (C=O) groups is 2. The first-order chi connectivity index (χ1) is 15.7. The van der Waals surface area contributed by atoms with Crippen LogP contribution in [0.15, 0.2) is 72.8 Å². The maximum absolute atomic E-state index is 13.1. The van der Waals surface area contributed by atoms with E-state index in [0.717, 1.165) is 28.3 Å². The van der Waals surface area contributed by atoms with Gasteiger partial charge in [-0.3, -0.25) is 9.59 Å². The topological polar surface area (TPSA) is 58.6 Å². The number of ether oxygens (including phenoxy) is 1. The van der Waals surface area contributed by atoms with E-state index in [9.17, 15) is 9.59 Å². The molecule has 1 aliphatic heterocycles. The summed E-state index contributed by atoms with van der Waals surface area (Å²) in [6.07, 6.45) is 2.19. The fraction of sp³-hybridized carbons (Fsp3) is 0.333. The predicted octanol–water partition coefficient (Wildman–Crippen LogP) is 4.42. The van der Waals surface area contributed by atoms with E-state index in [1.165, 1.54) is 0 Å². The molecule has 3 aromatic rings. The molecule has 1 saturated heterocycles. The molecule has 1 heterocycles. The molecule has 3 aromatic carbocycles. The summed E-state index contributed by atoms with van der Waals surface area (Å²) in [5.74, 6) is 0.110. The molecule has 0 saturated carbocycles.